The van der Waals surface area contributed by atoms with Gasteiger partial charge < -0.3 is 4.90 Å². The van der Waals surface area contributed by atoms with E-state index in [2.05, 4.69) is 0 Å². The van der Waals surface area contributed by atoms with Crippen molar-refractivity contribution in [2.24, 2.45) is 0 Å². The summed E-state index contributed by atoms with van der Waals surface area (Å²) in [6, 6.07) is 26.3. The number of carbonyl (C=O) groups is 1. The second-order valence-electron chi connectivity index (χ2n) is 7.03. The number of hydrogen-bond donors (Lipinski definition) is 0. The number of rotatable bonds is 5. The van der Waals surface area contributed by atoms with Crippen LogP contribution in [-0.4, -0.2) is 34.5 Å². The van der Waals surface area contributed by atoms with Gasteiger partial charge in [-0.15, -0.1) is 0 Å². The fourth-order valence-electron chi connectivity index (χ4n) is 3.22. The van der Waals surface area contributed by atoms with Crippen LogP contribution in [0, 0.1) is 0 Å². The fourth-order valence-corrected chi connectivity index (χ4v) is 4.49. The number of para-hydroxylation sites is 2. The summed E-state index contributed by atoms with van der Waals surface area (Å²) < 4.78 is 1.59. The molecule has 0 radical (unpaired) electrons. The Hall–Kier alpha value is -3.38. The first-order valence-electron chi connectivity index (χ1n) is 9.56. The normalized spacial score (nSPS) is 11.9. The van der Waals surface area contributed by atoms with E-state index in [1.807, 2.05) is 78.9 Å². The molecule has 6 heteroatoms. The van der Waals surface area contributed by atoms with E-state index in [4.69, 9.17) is 4.98 Å². The van der Waals surface area contributed by atoms with E-state index in [9.17, 15) is 9.59 Å². The van der Waals surface area contributed by atoms with Crippen LogP contribution in [0.15, 0.2) is 94.9 Å². The summed E-state index contributed by atoms with van der Waals surface area (Å²) in [4.78, 5) is 32.8. The maximum atomic E-state index is 13.4. The number of aromatic nitrogens is 2. The number of likely N-dealkylation sites (N-methyl/N-ethyl adjacent to an activating group) is 1. The van der Waals surface area contributed by atoms with E-state index in [0.29, 0.717) is 21.7 Å². The number of carbonyl (C=O) groups excluding carboxylic acids is 1. The molecule has 0 aliphatic rings. The minimum atomic E-state index is -0.524. The standard InChI is InChI=1S/C24H21N3O2S/c1-26(2)23(29)21(17-11-5-3-6-12-17)30-24-25-20-16-10-9-15-19(20)22(28)27(24)18-13-7-4-8-14-18/h3-16,21H,1-2H3/t21-/m0/s1. The average molecular weight is 416 g/mol. The highest BCUT2D eigenvalue weighted by Crippen LogP contribution is 2.36. The van der Waals surface area contributed by atoms with Gasteiger partial charge in [0.15, 0.2) is 5.16 Å². The van der Waals surface area contributed by atoms with Crippen LogP contribution < -0.4 is 5.56 Å². The smallest absolute Gasteiger partial charge is 0.266 e. The minimum Gasteiger partial charge on any atom is -0.348 e. The topological polar surface area (TPSA) is 55.2 Å². The lowest BCUT2D eigenvalue weighted by molar-refractivity contribution is -0.128. The van der Waals surface area contributed by atoms with Crippen LogP contribution in [0.3, 0.4) is 0 Å². The Morgan fingerprint density at radius 1 is 0.900 bits per heavy atom. The van der Waals surface area contributed by atoms with Gasteiger partial charge in [0, 0.05) is 14.1 Å². The Morgan fingerprint density at radius 3 is 2.17 bits per heavy atom. The highest BCUT2D eigenvalue weighted by molar-refractivity contribution is 8.00. The summed E-state index contributed by atoms with van der Waals surface area (Å²) in [5.41, 5.74) is 2.04. The van der Waals surface area contributed by atoms with E-state index < -0.39 is 5.25 Å². The first-order chi connectivity index (χ1) is 14.6. The third-order valence-corrected chi connectivity index (χ3v) is 5.94. The molecule has 0 unspecified atom stereocenters. The molecule has 4 aromatic rings. The zero-order chi connectivity index (χ0) is 21.1. The number of fused-ring (bicyclic) bond motifs is 1. The number of amides is 1. The third kappa shape index (κ3) is 3.86. The van der Waals surface area contributed by atoms with Crippen LogP contribution in [0.4, 0.5) is 0 Å². The van der Waals surface area contributed by atoms with Crippen LogP contribution in [0.1, 0.15) is 10.8 Å². The largest absolute Gasteiger partial charge is 0.348 e. The Balaban J connectivity index is 1.92. The summed E-state index contributed by atoms with van der Waals surface area (Å²) in [6.07, 6.45) is 0. The molecular weight excluding hydrogens is 394 g/mol. The van der Waals surface area contributed by atoms with E-state index >= 15 is 0 Å². The van der Waals surface area contributed by atoms with E-state index in [1.165, 1.54) is 11.8 Å². The van der Waals surface area contributed by atoms with Gasteiger partial charge >= 0.3 is 0 Å². The number of benzene rings is 3. The van der Waals surface area contributed by atoms with Crippen LogP contribution in [0.5, 0.6) is 0 Å². The van der Waals surface area contributed by atoms with Gasteiger partial charge in [-0.25, -0.2) is 4.98 Å². The molecule has 3 aromatic carbocycles. The molecule has 0 fully saturated rings. The highest BCUT2D eigenvalue weighted by atomic mass is 32.2. The van der Waals surface area contributed by atoms with Crippen molar-refractivity contribution in [1.29, 1.82) is 0 Å². The first kappa shape index (κ1) is 19.9. The predicted octanol–water partition coefficient (Wildman–Crippen LogP) is 4.31. The molecule has 1 atom stereocenters. The zero-order valence-electron chi connectivity index (χ0n) is 16.7. The van der Waals surface area contributed by atoms with Crippen molar-refractivity contribution >= 4 is 28.6 Å². The molecule has 1 aromatic heterocycles. The average Bonchev–Trinajstić information content (AvgIpc) is 2.78. The van der Waals surface area contributed by atoms with Crippen molar-refractivity contribution in [3.05, 3.63) is 101 Å². The van der Waals surface area contributed by atoms with E-state index in [1.54, 1.807) is 29.6 Å². The van der Waals surface area contributed by atoms with Crippen molar-refractivity contribution in [3.8, 4) is 5.69 Å². The van der Waals surface area contributed by atoms with Crippen molar-refractivity contribution < 1.29 is 4.79 Å². The molecule has 1 amide bonds. The van der Waals surface area contributed by atoms with Crippen molar-refractivity contribution in [3.63, 3.8) is 0 Å². The van der Waals surface area contributed by atoms with Gasteiger partial charge in [-0.3, -0.25) is 14.2 Å². The quantitative estimate of drug-likeness (QED) is 0.360. The molecule has 0 saturated heterocycles. The second kappa shape index (κ2) is 8.55. The van der Waals surface area contributed by atoms with Gasteiger partial charge in [0.1, 0.15) is 5.25 Å². The molecule has 5 nitrogen and oxygen atoms in total. The van der Waals surface area contributed by atoms with Gasteiger partial charge in [-0.1, -0.05) is 72.4 Å². The maximum Gasteiger partial charge on any atom is 0.266 e. The van der Waals surface area contributed by atoms with Crippen LogP contribution in [-0.2, 0) is 4.79 Å². The van der Waals surface area contributed by atoms with Crippen molar-refractivity contribution in [2.75, 3.05) is 14.1 Å². The first-order valence-corrected chi connectivity index (χ1v) is 10.4. The molecule has 150 valence electrons. The minimum absolute atomic E-state index is 0.0618. The van der Waals surface area contributed by atoms with E-state index in [0.717, 1.165) is 5.56 Å². The summed E-state index contributed by atoms with van der Waals surface area (Å²) in [5.74, 6) is -0.0618. The fraction of sp³-hybridized carbons (Fsp3) is 0.125. The van der Waals surface area contributed by atoms with Crippen molar-refractivity contribution in [1.82, 2.24) is 14.5 Å². The molecule has 0 aliphatic heterocycles. The van der Waals surface area contributed by atoms with E-state index in [-0.39, 0.29) is 11.5 Å². The van der Waals surface area contributed by atoms with Gasteiger partial charge in [0.25, 0.3) is 5.56 Å². The summed E-state index contributed by atoms with van der Waals surface area (Å²) in [7, 11) is 3.47. The monoisotopic (exact) mass is 415 g/mol. The Kier molecular flexibility index (Phi) is 5.68. The van der Waals surface area contributed by atoms with Crippen LogP contribution in [0.25, 0.3) is 16.6 Å². The summed E-state index contributed by atoms with van der Waals surface area (Å²) in [6.45, 7) is 0. The molecule has 0 saturated carbocycles. The maximum absolute atomic E-state index is 13.4. The molecular formula is C24H21N3O2S. The Morgan fingerprint density at radius 2 is 1.50 bits per heavy atom. The molecule has 0 bridgehead atoms. The van der Waals surface area contributed by atoms with Gasteiger partial charge in [-0.2, -0.15) is 0 Å². The molecule has 30 heavy (non-hydrogen) atoms. The van der Waals surface area contributed by atoms with Gasteiger partial charge in [-0.05, 0) is 29.8 Å². The summed E-state index contributed by atoms with van der Waals surface area (Å²) in [5, 5.41) is 0.499. The molecule has 0 N–H and O–H groups in total. The third-order valence-electron chi connectivity index (χ3n) is 4.75. The van der Waals surface area contributed by atoms with Gasteiger partial charge in [0.2, 0.25) is 5.91 Å². The van der Waals surface area contributed by atoms with Crippen LogP contribution >= 0.6 is 11.8 Å². The predicted molar refractivity (Wildman–Crippen MR) is 121 cm³/mol. The lowest BCUT2D eigenvalue weighted by Crippen LogP contribution is -2.28. The number of nitrogens with zero attached hydrogens (tertiary/aromatic N) is 3. The number of thioether (sulfide) groups is 1. The molecule has 0 spiro atoms. The van der Waals surface area contributed by atoms with Crippen molar-refractivity contribution in [2.45, 2.75) is 10.4 Å². The van der Waals surface area contributed by atoms with Crippen LogP contribution in [0.2, 0.25) is 0 Å². The second-order valence-corrected chi connectivity index (χ2v) is 8.10. The number of hydrogen-bond acceptors (Lipinski definition) is 4. The zero-order valence-corrected chi connectivity index (χ0v) is 17.5. The highest BCUT2D eigenvalue weighted by Gasteiger charge is 2.26. The molecule has 0 aliphatic carbocycles. The Bertz CT molecular complexity index is 1240. The Labute approximate surface area is 179 Å². The molecule has 1 heterocycles. The molecule has 4 rings (SSSR count). The lowest BCUT2D eigenvalue weighted by Gasteiger charge is -2.22. The van der Waals surface area contributed by atoms with Gasteiger partial charge in [0.05, 0.1) is 16.6 Å². The lowest BCUT2D eigenvalue weighted by atomic mass is 10.1. The SMILES string of the molecule is CN(C)C(=O)[C@@H](Sc1nc2ccccc2c(=O)n1-c1ccccc1)c1ccccc1. The summed E-state index contributed by atoms with van der Waals surface area (Å²) >= 11 is 1.29.